The number of nitrogens with zero attached hydrogens (tertiary/aromatic N) is 5. The Hall–Kier alpha value is -4.17. The van der Waals surface area contributed by atoms with Gasteiger partial charge in [0.25, 0.3) is 0 Å². The summed E-state index contributed by atoms with van der Waals surface area (Å²) in [6.45, 7) is 1.13. The number of hydrogen-bond donors (Lipinski definition) is 3. The van der Waals surface area contributed by atoms with Crippen LogP contribution in [0.5, 0.6) is 0 Å². The fraction of sp³-hybridized carbons (Fsp3) is 0.143. The fourth-order valence-corrected chi connectivity index (χ4v) is 3.64. The quantitative estimate of drug-likeness (QED) is 0.350. The van der Waals surface area contributed by atoms with E-state index in [1.54, 1.807) is 36.5 Å². The second-order valence-corrected chi connectivity index (χ2v) is 8.72. The summed E-state index contributed by atoms with van der Waals surface area (Å²) in [7, 11) is -3.38. The minimum absolute atomic E-state index is 0.462. The van der Waals surface area contributed by atoms with Crippen molar-refractivity contribution in [3.8, 4) is 17.3 Å². The SMILES string of the molecule is CS(=O)(=O)Nc1cccc(-c2cc3nccn3c(NCCNc3ccc(C#N)cn3)n2)c1. The third-order valence-corrected chi connectivity index (χ3v) is 5.06. The van der Waals surface area contributed by atoms with Crippen LogP contribution in [0.25, 0.3) is 16.9 Å². The van der Waals surface area contributed by atoms with Gasteiger partial charge in [0.05, 0.1) is 17.5 Å². The largest absolute Gasteiger partial charge is 0.368 e. The van der Waals surface area contributed by atoms with Crippen molar-refractivity contribution >= 4 is 33.1 Å². The first-order chi connectivity index (χ1) is 15.4. The minimum atomic E-state index is -3.38. The first-order valence-electron chi connectivity index (χ1n) is 9.67. The number of rotatable bonds is 8. The highest BCUT2D eigenvalue weighted by Gasteiger charge is 2.10. The molecule has 0 aliphatic heterocycles. The molecule has 0 spiro atoms. The maximum absolute atomic E-state index is 11.5. The average molecular weight is 449 g/mol. The van der Waals surface area contributed by atoms with Crippen LogP contribution in [0, 0.1) is 11.3 Å². The monoisotopic (exact) mass is 448 g/mol. The van der Waals surface area contributed by atoms with Gasteiger partial charge in [-0.2, -0.15) is 5.26 Å². The number of benzene rings is 1. The van der Waals surface area contributed by atoms with Crippen molar-refractivity contribution in [2.75, 3.05) is 34.7 Å². The van der Waals surface area contributed by atoms with Crippen LogP contribution in [0.1, 0.15) is 5.56 Å². The third-order valence-electron chi connectivity index (χ3n) is 4.46. The van der Waals surface area contributed by atoms with E-state index in [0.717, 1.165) is 11.8 Å². The van der Waals surface area contributed by atoms with Crippen LogP contribution in [0.3, 0.4) is 0 Å². The molecule has 162 valence electrons. The van der Waals surface area contributed by atoms with Crippen LogP contribution in [0.4, 0.5) is 17.5 Å². The van der Waals surface area contributed by atoms with E-state index in [-0.39, 0.29) is 0 Å². The van der Waals surface area contributed by atoms with Gasteiger partial charge in [0.15, 0.2) is 0 Å². The molecule has 0 saturated heterocycles. The number of pyridine rings is 1. The summed E-state index contributed by atoms with van der Waals surface area (Å²) in [6.07, 6.45) is 6.12. The van der Waals surface area contributed by atoms with Crippen molar-refractivity contribution in [2.24, 2.45) is 0 Å². The van der Waals surface area contributed by atoms with Gasteiger partial charge in [0.2, 0.25) is 16.0 Å². The van der Waals surface area contributed by atoms with E-state index in [1.807, 2.05) is 28.8 Å². The Morgan fingerprint density at radius 2 is 1.94 bits per heavy atom. The summed E-state index contributed by atoms with van der Waals surface area (Å²) >= 11 is 0. The molecule has 0 radical (unpaired) electrons. The number of nitriles is 1. The van der Waals surface area contributed by atoms with Gasteiger partial charge in [0, 0.05) is 49.0 Å². The van der Waals surface area contributed by atoms with Crippen LogP contribution >= 0.6 is 0 Å². The van der Waals surface area contributed by atoms with Gasteiger partial charge in [-0.3, -0.25) is 9.12 Å². The van der Waals surface area contributed by atoms with E-state index >= 15 is 0 Å². The molecule has 0 aliphatic carbocycles. The Kier molecular flexibility index (Phi) is 5.87. The van der Waals surface area contributed by atoms with Crippen LogP contribution in [-0.4, -0.2) is 47.1 Å². The molecule has 0 saturated carbocycles. The first kappa shape index (κ1) is 21.1. The van der Waals surface area contributed by atoms with Gasteiger partial charge in [-0.25, -0.2) is 23.4 Å². The molecule has 3 aromatic heterocycles. The predicted molar refractivity (Wildman–Crippen MR) is 123 cm³/mol. The highest BCUT2D eigenvalue weighted by atomic mass is 32.2. The summed E-state index contributed by atoms with van der Waals surface area (Å²) in [5.41, 5.74) is 3.09. The number of aromatic nitrogens is 4. The van der Waals surface area contributed by atoms with E-state index in [9.17, 15) is 8.42 Å². The summed E-state index contributed by atoms with van der Waals surface area (Å²) in [5.74, 6) is 1.28. The van der Waals surface area contributed by atoms with Crippen molar-refractivity contribution in [3.63, 3.8) is 0 Å². The fourth-order valence-electron chi connectivity index (χ4n) is 3.08. The molecule has 32 heavy (non-hydrogen) atoms. The van der Waals surface area contributed by atoms with Crippen molar-refractivity contribution in [2.45, 2.75) is 0 Å². The summed E-state index contributed by atoms with van der Waals surface area (Å²) in [5, 5.41) is 15.3. The van der Waals surface area contributed by atoms with E-state index in [1.165, 1.54) is 6.20 Å². The molecule has 3 heterocycles. The molecule has 0 fully saturated rings. The Morgan fingerprint density at radius 3 is 2.69 bits per heavy atom. The minimum Gasteiger partial charge on any atom is -0.368 e. The highest BCUT2D eigenvalue weighted by molar-refractivity contribution is 7.92. The molecule has 0 atom stereocenters. The van der Waals surface area contributed by atoms with Crippen molar-refractivity contribution in [1.82, 2.24) is 19.4 Å². The van der Waals surface area contributed by atoms with E-state index in [0.29, 0.717) is 47.4 Å². The van der Waals surface area contributed by atoms with Crippen LogP contribution in [0.2, 0.25) is 0 Å². The van der Waals surface area contributed by atoms with Gasteiger partial charge < -0.3 is 10.6 Å². The second-order valence-electron chi connectivity index (χ2n) is 6.97. The van der Waals surface area contributed by atoms with E-state index < -0.39 is 10.0 Å². The number of anilines is 3. The number of hydrogen-bond acceptors (Lipinski definition) is 8. The summed E-state index contributed by atoms with van der Waals surface area (Å²) < 4.78 is 27.4. The highest BCUT2D eigenvalue weighted by Crippen LogP contribution is 2.24. The number of nitrogens with one attached hydrogen (secondary N) is 3. The normalized spacial score (nSPS) is 11.1. The van der Waals surface area contributed by atoms with Crippen molar-refractivity contribution < 1.29 is 8.42 Å². The Bertz CT molecular complexity index is 1390. The molecule has 0 amide bonds. The Morgan fingerprint density at radius 1 is 1.09 bits per heavy atom. The molecule has 11 heteroatoms. The summed E-state index contributed by atoms with van der Waals surface area (Å²) in [4.78, 5) is 13.2. The summed E-state index contributed by atoms with van der Waals surface area (Å²) in [6, 6.07) is 14.4. The predicted octanol–water partition coefficient (Wildman–Crippen LogP) is 2.56. The zero-order chi connectivity index (χ0) is 22.6. The lowest BCUT2D eigenvalue weighted by atomic mass is 10.1. The maximum Gasteiger partial charge on any atom is 0.229 e. The lowest BCUT2D eigenvalue weighted by Gasteiger charge is -2.12. The van der Waals surface area contributed by atoms with Crippen LogP contribution < -0.4 is 15.4 Å². The lowest BCUT2D eigenvalue weighted by Crippen LogP contribution is -2.17. The number of sulfonamides is 1. The van der Waals surface area contributed by atoms with Gasteiger partial charge in [-0.15, -0.1) is 0 Å². The maximum atomic E-state index is 11.5. The van der Waals surface area contributed by atoms with Crippen LogP contribution in [0.15, 0.2) is 61.1 Å². The molecule has 0 aliphatic rings. The van der Waals surface area contributed by atoms with Gasteiger partial charge in [-0.1, -0.05) is 12.1 Å². The molecule has 3 N–H and O–H groups in total. The second kappa shape index (κ2) is 8.91. The number of fused-ring (bicyclic) bond motifs is 1. The molecule has 4 aromatic rings. The zero-order valence-corrected chi connectivity index (χ0v) is 18.0. The molecule has 10 nitrogen and oxygen atoms in total. The molecular formula is C21H20N8O2S. The first-order valence-corrected chi connectivity index (χ1v) is 11.6. The lowest BCUT2D eigenvalue weighted by molar-refractivity contribution is 0.607. The number of imidazole rings is 1. The zero-order valence-electron chi connectivity index (χ0n) is 17.1. The van der Waals surface area contributed by atoms with Crippen LogP contribution in [-0.2, 0) is 10.0 Å². The molecule has 1 aromatic carbocycles. The van der Waals surface area contributed by atoms with Gasteiger partial charge in [0.1, 0.15) is 17.5 Å². The van der Waals surface area contributed by atoms with E-state index in [2.05, 4.69) is 25.3 Å². The molecular weight excluding hydrogens is 428 g/mol. The Labute approximate surface area is 185 Å². The Balaban J connectivity index is 1.51. The average Bonchev–Trinajstić information content (AvgIpc) is 3.25. The third kappa shape index (κ3) is 5.11. The molecule has 0 bridgehead atoms. The van der Waals surface area contributed by atoms with Crippen molar-refractivity contribution in [1.29, 1.82) is 5.26 Å². The molecule has 0 unspecified atom stereocenters. The van der Waals surface area contributed by atoms with Crippen molar-refractivity contribution in [3.05, 3.63) is 66.6 Å². The van der Waals surface area contributed by atoms with Gasteiger partial charge in [-0.05, 0) is 24.3 Å². The van der Waals surface area contributed by atoms with E-state index in [4.69, 9.17) is 10.2 Å². The molecule has 4 rings (SSSR count). The smallest absolute Gasteiger partial charge is 0.229 e. The topological polar surface area (TPSA) is 137 Å². The van der Waals surface area contributed by atoms with Gasteiger partial charge >= 0.3 is 0 Å². The standard InChI is InChI=1S/C21H20N8O2S/c1-32(30,31)28-17-4-2-3-16(11-17)18-12-20-24-9-10-29(20)21(27-18)25-8-7-23-19-6-5-15(13-22)14-26-19/h2-6,9-12,14,28H,7-8H2,1H3,(H,23,26)(H,25,27).